The van der Waals surface area contributed by atoms with Gasteiger partial charge in [0.15, 0.2) is 0 Å². The Morgan fingerprint density at radius 1 is 0.895 bits per heavy atom. The second kappa shape index (κ2) is 11.9. The average molecular weight is 534 g/mol. The van der Waals surface area contributed by atoms with Gasteiger partial charge in [-0.25, -0.2) is 0 Å². The predicted molar refractivity (Wildman–Crippen MR) is 155 cm³/mol. The number of amides is 2. The third kappa shape index (κ3) is 6.67. The number of ether oxygens (including phenoxy) is 1. The Morgan fingerprint density at radius 3 is 2.11 bits per heavy atom. The van der Waals surface area contributed by atoms with E-state index in [1.54, 1.807) is 6.07 Å². The van der Waals surface area contributed by atoms with Gasteiger partial charge in [-0.1, -0.05) is 51.4 Å². The van der Waals surface area contributed by atoms with Crippen LogP contribution in [0.1, 0.15) is 60.4 Å². The average Bonchev–Trinajstić information content (AvgIpc) is 2.91. The normalized spacial score (nSPS) is 13.8. The van der Waals surface area contributed by atoms with Crippen molar-refractivity contribution >= 4 is 34.8 Å². The molecule has 1 saturated heterocycles. The summed E-state index contributed by atoms with van der Waals surface area (Å²) in [6, 6.07) is 20.6. The molecule has 1 aliphatic heterocycles. The summed E-state index contributed by atoms with van der Waals surface area (Å²) in [5.74, 6) is 0.624. The molecule has 0 spiro atoms. The topological polar surface area (TPSA) is 61.9 Å². The van der Waals surface area contributed by atoms with E-state index < -0.39 is 0 Å². The Bertz CT molecular complexity index is 1260. The monoisotopic (exact) mass is 533 g/mol. The Labute approximate surface area is 230 Å². The summed E-state index contributed by atoms with van der Waals surface area (Å²) in [5, 5.41) is 3.50. The number of halogens is 1. The van der Waals surface area contributed by atoms with Gasteiger partial charge in [-0.15, -0.1) is 0 Å². The molecule has 0 atom stereocenters. The molecule has 0 aliphatic carbocycles. The molecule has 6 nitrogen and oxygen atoms in total. The molecule has 1 aliphatic rings. The molecule has 0 radical (unpaired) electrons. The SMILES string of the molecule is CCCOc1ccc(C(=O)N2CCN(c3ccc(NC(=O)c4ccc(C(C)(C)C)cc4)cc3Cl)CC2)cc1. The van der Waals surface area contributed by atoms with Crippen LogP contribution in [0.15, 0.2) is 66.7 Å². The summed E-state index contributed by atoms with van der Waals surface area (Å²) in [4.78, 5) is 29.8. The fraction of sp³-hybridized carbons (Fsp3) is 0.355. The molecule has 4 rings (SSSR count). The number of carbonyl (C=O) groups is 2. The highest BCUT2D eigenvalue weighted by molar-refractivity contribution is 6.33. The van der Waals surface area contributed by atoms with E-state index in [-0.39, 0.29) is 17.2 Å². The first-order valence-corrected chi connectivity index (χ1v) is 13.5. The lowest BCUT2D eigenvalue weighted by Gasteiger charge is -2.36. The molecule has 2 amide bonds. The Hall–Kier alpha value is -3.51. The molecular formula is C31H36ClN3O3. The van der Waals surface area contributed by atoms with Gasteiger partial charge in [0.25, 0.3) is 11.8 Å². The quantitative estimate of drug-likeness (QED) is 0.370. The van der Waals surface area contributed by atoms with E-state index in [2.05, 4.69) is 37.9 Å². The van der Waals surface area contributed by atoms with Crippen LogP contribution < -0.4 is 15.0 Å². The number of piperazine rings is 1. The van der Waals surface area contributed by atoms with Gasteiger partial charge in [-0.05, 0) is 72.0 Å². The number of carbonyl (C=O) groups excluding carboxylic acids is 2. The minimum Gasteiger partial charge on any atom is -0.494 e. The lowest BCUT2D eigenvalue weighted by atomic mass is 9.87. The third-order valence-corrected chi connectivity index (χ3v) is 7.00. The van der Waals surface area contributed by atoms with Crippen molar-refractivity contribution in [3.8, 4) is 5.75 Å². The minimum atomic E-state index is -0.175. The van der Waals surface area contributed by atoms with Crippen LogP contribution in [0.2, 0.25) is 5.02 Å². The lowest BCUT2D eigenvalue weighted by molar-refractivity contribution is 0.0746. The fourth-order valence-corrected chi connectivity index (χ4v) is 4.71. The van der Waals surface area contributed by atoms with Gasteiger partial charge in [0.05, 0.1) is 17.3 Å². The largest absolute Gasteiger partial charge is 0.494 e. The van der Waals surface area contributed by atoms with Crippen molar-refractivity contribution in [3.63, 3.8) is 0 Å². The number of anilines is 2. The molecule has 0 bridgehead atoms. The van der Waals surface area contributed by atoms with Crippen LogP contribution in [0.25, 0.3) is 0 Å². The maximum atomic E-state index is 13.0. The van der Waals surface area contributed by atoms with Gasteiger partial charge in [0.2, 0.25) is 0 Å². The highest BCUT2D eigenvalue weighted by atomic mass is 35.5. The molecule has 1 fully saturated rings. The summed E-state index contributed by atoms with van der Waals surface area (Å²) < 4.78 is 5.61. The minimum absolute atomic E-state index is 0.0198. The molecule has 3 aromatic carbocycles. The van der Waals surface area contributed by atoms with Crippen LogP contribution in [0.5, 0.6) is 5.75 Å². The molecular weight excluding hydrogens is 498 g/mol. The number of nitrogens with zero attached hydrogens (tertiary/aromatic N) is 2. The van der Waals surface area contributed by atoms with Crippen molar-refractivity contribution in [2.45, 2.75) is 39.5 Å². The van der Waals surface area contributed by atoms with Crippen molar-refractivity contribution in [2.75, 3.05) is 43.0 Å². The Morgan fingerprint density at radius 2 is 1.53 bits per heavy atom. The predicted octanol–water partition coefficient (Wildman–Crippen LogP) is 6.64. The van der Waals surface area contributed by atoms with Crippen LogP contribution in [0, 0.1) is 0 Å². The first kappa shape index (κ1) is 27.5. The van der Waals surface area contributed by atoms with Crippen LogP contribution in [-0.4, -0.2) is 49.5 Å². The molecule has 1 heterocycles. The van der Waals surface area contributed by atoms with Gasteiger partial charge >= 0.3 is 0 Å². The summed E-state index contributed by atoms with van der Waals surface area (Å²) in [5.41, 5.74) is 4.01. The summed E-state index contributed by atoms with van der Waals surface area (Å²) >= 11 is 6.62. The zero-order valence-electron chi connectivity index (χ0n) is 22.6. The Balaban J connectivity index is 1.33. The molecule has 3 aromatic rings. The van der Waals surface area contributed by atoms with Crippen molar-refractivity contribution in [1.29, 1.82) is 0 Å². The van der Waals surface area contributed by atoms with Crippen LogP contribution >= 0.6 is 11.6 Å². The number of hydrogen-bond donors (Lipinski definition) is 1. The van der Waals surface area contributed by atoms with E-state index in [4.69, 9.17) is 16.3 Å². The molecule has 0 aromatic heterocycles. The van der Waals surface area contributed by atoms with Crippen LogP contribution in [0.3, 0.4) is 0 Å². The number of benzene rings is 3. The second-order valence-electron chi connectivity index (χ2n) is 10.6. The van der Waals surface area contributed by atoms with Gasteiger partial charge in [0.1, 0.15) is 5.75 Å². The van der Waals surface area contributed by atoms with Crippen molar-refractivity contribution in [3.05, 3.63) is 88.4 Å². The van der Waals surface area contributed by atoms with Crippen LogP contribution in [-0.2, 0) is 5.41 Å². The number of hydrogen-bond acceptors (Lipinski definition) is 4. The lowest BCUT2D eigenvalue weighted by Crippen LogP contribution is -2.48. The maximum Gasteiger partial charge on any atom is 0.255 e. The number of nitrogens with one attached hydrogen (secondary N) is 1. The molecule has 0 saturated carbocycles. The van der Waals surface area contributed by atoms with Crippen molar-refractivity contribution in [2.24, 2.45) is 0 Å². The Kier molecular flexibility index (Phi) is 8.62. The standard InChI is InChI=1S/C31H36ClN3O3/c1-5-20-38-26-13-8-23(9-14-26)30(37)35-18-16-34(17-19-35)28-15-12-25(21-27(28)32)33-29(36)22-6-10-24(11-7-22)31(2,3)4/h6-15,21H,5,16-20H2,1-4H3,(H,33,36). The fourth-order valence-electron chi connectivity index (χ4n) is 4.41. The first-order valence-electron chi connectivity index (χ1n) is 13.1. The first-order chi connectivity index (χ1) is 18.2. The summed E-state index contributed by atoms with van der Waals surface area (Å²) in [7, 11) is 0. The van der Waals surface area contributed by atoms with E-state index in [9.17, 15) is 9.59 Å². The van der Waals surface area contributed by atoms with Gasteiger partial charge in [-0.3, -0.25) is 9.59 Å². The van der Waals surface area contributed by atoms with Gasteiger partial charge < -0.3 is 19.9 Å². The van der Waals surface area contributed by atoms with Crippen molar-refractivity contribution in [1.82, 2.24) is 4.90 Å². The third-order valence-electron chi connectivity index (χ3n) is 6.70. The highest BCUT2D eigenvalue weighted by Crippen LogP contribution is 2.30. The zero-order chi connectivity index (χ0) is 27.3. The van der Waals surface area contributed by atoms with Crippen molar-refractivity contribution < 1.29 is 14.3 Å². The van der Waals surface area contributed by atoms with E-state index >= 15 is 0 Å². The van der Waals surface area contributed by atoms with Gasteiger partial charge in [0, 0.05) is 43.0 Å². The molecule has 0 unspecified atom stereocenters. The summed E-state index contributed by atoms with van der Waals surface area (Å²) in [6.07, 6.45) is 0.943. The maximum absolute atomic E-state index is 13.0. The molecule has 200 valence electrons. The zero-order valence-corrected chi connectivity index (χ0v) is 23.3. The second-order valence-corrected chi connectivity index (χ2v) is 11.0. The van der Waals surface area contributed by atoms with E-state index in [1.807, 2.05) is 65.6 Å². The van der Waals surface area contributed by atoms with Gasteiger partial charge in [-0.2, -0.15) is 0 Å². The van der Waals surface area contributed by atoms with E-state index in [1.165, 1.54) is 5.56 Å². The molecule has 1 N–H and O–H groups in total. The number of rotatable bonds is 7. The van der Waals surface area contributed by atoms with E-state index in [0.29, 0.717) is 54.6 Å². The highest BCUT2D eigenvalue weighted by Gasteiger charge is 2.24. The molecule has 38 heavy (non-hydrogen) atoms. The van der Waals surface area contributed by atoms with Crippen LogP contribution in [0.4, 0.5) is 11.4 Å². The summed E-state index contributed by atoms with van der Waals surface area (Å²) in [6.45, 7) is 11.7. The molecule has 7 heteroatoms. The smallest absolute Gasteiger partial charge is 0.255 e. The van der Waals surface area contributed by atoms with E-state index in [0.717, 1.165) is 17.9 Å².